The number of amides is 1. The molecule has 5 heteroatoms. The molecule has 1 amide bonds. The highest BCUT2D eigenvalue weighted by atomic mass is 19.1. The Morgan fingerprint density at radius 2 is 1.92 bits per heavy atom. The number of nitriles is 1. The Kier molecular flexibility index (Phi) is 5.11. The first-order valence-corrected chi connectivity index (χ1v) is 8.36. The smallest absolute Gasteiger partial charge is 0.258 e. The molecule has 4 nitrogen and oxygen atoms in total. The number of halogens is 1. The van der Waals surface area contributed by atoms with Gasteiger partial charge in [0.25, 0.3) is 5.91 Å². The van der Waals surface area contributed by atoms with Crippen LogP contribution in [0.2, 0.25) is 0 Å². The molecule has 0 bridgehead atoms. The number of piperidine rings is 1. The molecule has 1 heterocycles. The molecule has 2 aromatic rings. The lowest BCUT2D eigenvalue weighted by molar-refractivity contribution is 0.0963. The van der Waals surface area contributed by atoms with Crippen molar-refractivity contribution in [3.05, 3.63) is 65.5 Å². The molecule has 0 N–H and O–H groups in total. The van der Waals surface area contributed by atoms with Crippen molar-refractivity contribution in [2.24, 2.45) is 0 Å². The van der Waals surface area contributed by atoms with Crippen LogP contribution in [0, 0.1) is 17.1 Å². The summed E-state index contributed by atoms with van der Waals surface area (Å²) in [6.07, 6.45) is 1.66. The Hall–Kier alpha value is -2.71. The summed E-state index contributed by atoms with van der Waals surface area (Å²) < 4.78 is 13.8. The lowest BCUT2D eigenvalue weighted by Gasteiger charge is -2.37. The first kappa shape index (κ1) is 17.1. The first-order valence-electron chi connectivity index (χ1n) is 8.36. The van der Waals surface area contributed by atoms with Crippen molar-refractivity contribution in [2.75, 3.05) is 25.0 Å². The number of carbonyl (C=O) groups is 1. The SMILES string of the molecule is CN1CCC(N(C(=O)c2cccc(C#N)c2)c2cccc(F)c2)CC1. The number of rotatable bonds is 3. The molecular formula is C20H20FN3O. The zero-order valence-electron chi connectivity index (χ0n) is 14.2. The molecule has 2 aromatic carbocycles. The van der Waals surface area contributed by atoms with Gasteiger partial charge in [0.15, 0.2) is 0 Å². The topological polar surface area (TPSA) is 47.3 Å². The van der Waals surface area contributed by atoms with Gasteiger partial charge in [-0.1, -0.05) is 12.1 Å². The predicted molar refractivity (Wildman–Crippen MR) is 94.9 cm³/mol. The van der Waals surface area contributed by atoms with E-state index in [0.717, 1.165) is 25.9 Å². The van der Waals surface area contributed by atoms with Crippen molar-refractivity contribution >= 4 is 11.6 Å². The summed E-state index contributed by atoms with van der Waals surface area (Å²) >= 11 is 0. The second kappa shape index (κ2) is 7.45. The van der Waals surface area contributed by atoms with Crippen LogP contribution in [0.4, 0.5) is 10.1 Å². The van der Waals surface area contributed by atoms with Gasteiger partial charge in [0, 0.05) is 17.3 Å². The van der Waals surface area contributed by atoms with E-state index in [9.17, 15) is 9.18 Å². The van der Waals surface area contributed by atoms with E-state index in [1.807, 2.05) is 0 Å². The number of hydrogen-bond acceptors (Lipinski definition) is 3. The molecule has 0 aromatic heterocycles. The van der Waals surface area contributed by atoms with E-state index in [1.54, 1.807) is 41.3 Å². The Labute approximate surface area is 147 Å². The number of likely N-dealkylation sites (tertiary alicyclic amines) is 1. The number of anilines is 1. The predicted octanol–water partition coefficient (Wildman–Crippen LogP) is 3.44. The lowest BCUT2D eigenvalue weighted by Crippen LogP contribution is -2.47. The molecule has 0 radical (unpaired) electrons. The molecule has 25 heavy (non-hydrogen) atoms. The minimum Gasteiger partial charge on any atom is -0.306 e. The summed E-state index contributed by atoms with van der Waals surface area (Å²) in [7, 11) is 2.06. The van der Waals surface area contributed by atoms with E-state index in [0.29, 0.717) is 16.8 Å². The molecule has 0 atom stereocenters. The largest absolute Gasteiger partial charge is 0.306 e. The van der Waals surface area contributed by atoms with Gasteiger partial charge in [0.2, 0.25) is 0 Å². The van der Waals surface area contributed by atoms with E-state index in [-0.39, 0.29) is 17.8 Å². The highest BCUT2D eigenvalue weighted by Crippen LogP contribution is 2.26. The minimum atomic E-state index is -0.367. The average molecular weight is 337 g/mol. The molecule has 1 fully saturated rings. The van der Waals surface area contributed by atoms with Gasteiger partial charge in [0.1, 0.15) is 5.82 Å². The summed E-state index contributed by atoms with van der Waals surface area (Å²) in [6.45, 7) is 1.78. The zero-order valence-corrected chi connectivity index (χ0v) is 14.2. The van der Waals surface area contributed by atoms with Crippen molar-refractivity contribution in [2.45, 2.75) is 18.9 Å². The van der Waals surface area contributed by atoms with Gasteiger partial charge in [-0.25, -0.2) is 4.39 Å². The fraction of sp³-hybridized carbons (Fsp3) is 0.300. The summed E-state index contributed by atoms with van der Waals surface area (Å²) in [5, 5.41) is 9.08. The third-order valence-electron chi connectivity index (χ3n) is 4.60. The van der Waals surface area contributed by atoms with Gasteiger partial charge in [-0.05, 0) is 69.4 Å². The molecule has 0 spiro atoms. The van der Waals surface area contributed by atoms with E-state index in [2.05, 4.69) is 18.0 Å². The van der Waals surface area contributed by atoms with Crippen LogP contribution in [0.3, 0.4) is 0 Å². The van der Waals surface area contributed by atoms with Crippen LogP contribution in [0.25, 0.3) is 0 Å². The number of nitrogens with zero attached hydrogens (tertiary/aromatic N) is 3. The van der Waals surface area contributed by atoms with Crippen molar-refractivity contribution in [3.8, 4) is 6.07 Å². The third-order valence-corrected chi connectivity index (χ3v) is 4.60. The maximum absolute atomic E-state index is 13.8. The van der Waals surface area contributed by atoms with Gasteiger partial charge >= 0.3 is 0 Å². The van der Waals surface area contributed by atoms with Gasteiger partial charge in [-0.2, -0.15) is 5.26 Å². The Morgan fingerprint density at radius 3 is 2.60 bits per heavy atom. The van der Waals surface area contributed by atoms with Crippen molar-refractivity contribution in [1.29, 1.82) is 5.26 Å². The van der Waals surface area contributed by atoms with Gasteiger partial charge in [-0.3, -0.25) is 4.79 Å². The number of carbonyl (C=O) groups excluding carboxylic acids is 1. The summed E-state index contributed by atoms with van der Waals surface area (Å²) in [5.74, 6) is -0.564. The van der Waals surface area contributed by atoms with Crippen molar-refractivity contribution < 1.29 is 9.18 Å². The Bertz CT molecular complexity index is 807. The van der Waals surface area contributed by atoms with Crippen LogP contribution in [0.15, 0.2) is 48.5 Å². The molecule has 0 aliphatic carbocycles. The fourth-order valence-electron chi connectivity index (χ4n) is 3.23. The molecule has 1 aliphatic rings. The normalized spacial score (nSPS) is 15.6. The summed E-state index contributed by atoms with van der Waals surface area (Å²) in [6, 6.07) is 14.9. The summed E-state index contributed by atoms with van der Waals surface area (Å²) in [5.41, 5.74) is 1.44. The summed E-state index contributed by atoms with van der Waals surface area (Å²) in [4.78, 5) is 17.1. The second-order valence-electron chi connectivity index (χ2n) is 6.38. The molecule has 0 saturated carbocycles. The monoisotopic (exact) mass is 337 g/mol. The highest BCUT2D eigenvalue weighted by Gasteiger charge is 2.29. The first-order chi connectivity index (χ1) is 12.1. The quantitative estimate of drug-likeness (QED) is 0.862. The number of benzene rings is 2. The molecule has 1 aliphatic heterocycles. The standard InChI is InChI=1S/C20H20FN3O/c1-23-10-8-18(9-11-23)24(19-7-3-6-17(21)13-19)20(25)16-5-2-4-15(12-16)14-22/h2-7,12-13,18H,8-11H2,1H3. The van der Waals surface area contributed by atoms with Gasteiger partial charge in [0.05, 0.1) is 11.6 Å². The molecule has 1 saturated heterocycles. The van der Waals surface area contributed by atoms with Crippen LogP contribution >= 0.6 is 0 Å². The van der Waals surface area contributed by atoms with Crippen LogP contribution in [0.1, 0.15) is 28.8 Å². The molecule has 3 rings (SSSR count). The minimum absolute atomic E-state index is 0.0104. The lowest BCUT2D eigenvalue weighted by atomic mass is 10.0. The van der Waals surface area contributed by atoms with E-state index in [1.165, 1.54) is 12.1 Å². The van der Waals surface area contributed by atoms with Crippen LogP contribution < -0.4 is 4.90 Å². The molecule has 128 valence electrons. The van der Waals surface area contributed by atoms with Crippen LogP contribution in [-0.4, -0.2) is 37.0 Å². The van der Waals surface area contributed by atoms with Crippen molar-refractivity contribution in [1.82, 2.24) is 4.90 Å². The van der Waals surface area contributed by atoms with Crippen molar-refractivity contribution in [3.63, 3.8) is 0 Å². The van der Waals surface area contributed by atoms with E-state index < -0.39 is 0 Å². The number of hydrogen-bond donors (Lipinski definition) is 0. The van der Waals surface area contributed by atoms with Gasteiger partial charge in [-0.15, -0.1) is 0 Å². The Morgan fingerprint density at radius 1 is 1.20 bits per heavy atom. The van der Waals surface area contributed by atoms with E-state index in [4.69, 9.17) is 5.26 Å². The van der Waals surface area contributed by atoms with E-state index >= 15 is 0 Å². The fourth-order valence-corrected chi connectivity index (χ4v) is 3.23. The molecular weight excluding hydrogens is 317 g/mol. The second-order valence-corrected chi connectivity index (χ2v) is 6.38. The van der Waals surface area contributed by atoms with Crippen LogP contribution in [-0.2, 0) is 0 Å². The maximum Gasteiger partial charge on any atom is 0.258 e. The average Bonchev–Trinajstić information content (AvgIpc) is 2.63. The Balaban J connectivity index is 1.98. The maximum atomic E-state index is 13.8. The van der Waals surface area contributed by atoms with Crippen LogP contribution in [0.5, 0.6) is 0 Å². The highest BCUT2D eigenvalue weighted by molar-refractivity contribution is 6.06. The molecule has 0 unspecified atom stereocenters. The third kappa shape index (κ3) is 3.86. The van der Waals surface area contributed by atoms with Gasteiger partial charge < -0.3 is 9.80 Å². The zero-order chi connectivity index (χ0) is 17.8.